The Kier molecular flexibility index (Phi) is 4.19. The summed E-state index contributed by atoms with van der Waals surface area (Å²) >= 11 is 0. The van der Waals surface area contributed by atoms with E-state index >= 15 is 0 Å². The number of aliphatic carboxylic acids is 1. The lowest BCUT2D eigenvalue weighted by Crippen LogP contribution is -2.52. The first kappa shape index (κ1) is 15.0. The summed E-state index contributed by atoms with van der Waals surface area (Å²) < 4.78 is 0. The number of carboxylic acids is 1. The lowest BCUT2D eigenvalue weighted by molar-refractivity contribution is -0.146. The van der Waals surface area contributed by atoms with Crippen LogP contribution < -0.4 is 5.32 Å². The predicted molar refractivity (Wildman–Crippen MR) is 74.4 cm³/mol. The van der Waals surface area contributed by atoms with Crippen LogP contribution in [0.2, 0.25) is 0 Å². The molecule has 0 aliphatic rings. The van der Waals surface area contributed by atoms with Crippen LogP contribution in [0.1, 0.15) is 25.0 Å². The number of rotatable bonds is 3. The molecule has 0 unspecified atom stereocenters. The molecular weight excluding hydrogens is 244 g/mol. The number of nitrogens with one attached hydrogen (secondary N) is 1. The van der Waals surface area contributed by atoms with Crippen LogP contribution in [0.4, 0.5) is 10.5 Å². The van der Waals surface area contributed by atoms with E-state index in [9.17, 15) is 9.59 Å². The van der Waals surface area contributed by atoms with E-state index in [1.807, 2.05) is 32.0 Å². The van der Waals surface area contributed by atoms with Crippen molar-refractivity contribution in [3.05, 3.63) is 29.3 Å². The number of nitrogens with zero attached hydrogens (tertiary/aromatic N) is 1. The predicted octanol–water partition coefficient (Wildman–Crippen LogP) is 2.63. The minimum atomic E-state index is -1.26. The third-order valence-electron chi connectivity index (χ3n) is 3.14. The molecule has 2 amide bonds. The van der Waals surface area contributed by atoms with Gasteiger partial charge in [-0.25, -0.2) is 9.59 Å². The molecule has 1 aromatic carbocycles. The van der Waals surface area contributed by atoms with Crippen molar-refractivity contribution in [1.29, 1.82) is 0 Å². The van der Waals surface area contributed by atoms with Crippen molar-refractivity contribution in [2.45, 2.75) is 33.2 Å². The van der Waals surface area contributed by atoms with Crippen LogP contribution in [0.5, 0.6) is 0 Å². The Hall–Kier alpha value is -2.04. The summed E-state index contributed by atoms with van der Waals surface area (Å²) in [6.07, 6.45) is 0. The summed E-state index contributed by atoms with van der Waals surface area (Å²) in [4.78, 5) is 24.3. The zero-order valence-electron chi connectivity index (χ0n) is 11.9. The van der Waals surface area contributed by atoms with Crippen molar-refractivity contribution in [2.24, 2.45) is 0 Å². The van der Waals surface area contributed by atoms with Gasteiger partial charge in [-0.15, -0.1) is 0 Å². The zero-order valence-corrected chi connectivity index (χ0v) is 11.9. The molecule has 0 heterocycles. The molecule has 0 atom stereocenters. The van der Waals surface area contributed by atoms with Crippen LogP contribution >= 0.6 is 0 Å². The molecule has 19 heavy (non-hydrogen) atoms. The maximum absolute atomic E-state index is 12.0. The second-order valence-electron chi connectivity index (χ2n) is 5.23. The minimum absolute atomic E-state index is 0.447. The number of anilines is 1. The molecule has 0 saturated carbocycles. The summed E-state index contributed by atoms with van der Waals surface area (Å²) in [5.41, 5.74) is 1.48. The van der Waals surface area contributed by atoms with Gasteiger partial charge in [-0.05, 0) is 51.0 Å². The normalized spacial score (nSPS) is 11.0. The average Bonchev–Trinajstić information content (AvgIpc) is 2.25. The van der Waals surface area contributed by atoms with Gasteiger partial charge in [0.15, 0.2) is 0 Å². The van der Waals surface area contributed by atoms with Gasteiger partial charge in [-0.1, -0.05) is 6.07 Å². The van der Waals surface area contributed by atoms with Gasteiger partial charge < -0.3 is 15.3 Å². The lowest BCUT2D eigenvalue weighted by Gasteiger charge is -2.31. The topological polar surface area (TPSA) is 69.6 Å². The van der Waals surface area contributed by atoms with E-state index in [0.717, 1.165) is 11.1 Å². The molecule has 0 fully saturated rings. The maximum Gasteiger partial charge on any atom is 0.329 e. The minimum Gasteiger partial charge on any atom is -0.480 e. The highest BCUT2D eigenvalue weighted by atomic mass is 16.4. The Morgan fingerprint density at radius 3 is 2.05 bits per heavy atom. The third kappa shape index (κ3) is 3.47. The van der Waals surface area contributed by atoms with E-state index in [1.165, 1.54) is 25.8 Å². The van der Waals surface area contributed by atoms with Gasteiger partial charge in [-0.3, -0.25) is 0 Å². The standard InChI is InChI=1S/C14H20N2O3/c1-9-6-10(2)8-11(7-9)15-13(19)16(5)14(3,4)12(17)18/h6-8H,1-5H3,(H,15,19)(H,17,18). The summed E-state index contributed by atoms with van der Waals surface area (Å²) in [6, 6.07) is 5.23. The molecule has 0 aromatic heterocycles. The van der Waals surface area contributed by atoms with E-state index in [1.54, 1.807) is 0 Å². The van der Waals surface area contributed by atoms with Gasteiger partial charge in [-0.2, -0.15) is 0 Å². The summed E-state index contributed by atoms with van der Waals surface area (Å²) in [7, 11) is 1.46. The van der Waals surface area contributed by atoms with Crippen LogP contribution in [0.15, 0.2) is 18.2 Å². The van der Waals surface area contributed by atoms with Gasteiger partial charge in [0.1, 0.15) is 5.54 Å². The number of amides is 2. The van der Waals surface area contributed by atoms with Gasteiger partial charge in [0.05, 0.1) is 0 Å². The molecule has 0 spiro atoms. The molecule has 1 rings (SSSR count). The lowest BCUT2D eigenvalue weighted by atomic mass is 10.0. The van der Waals surface area contributed by atoms with Crippen molar-refractivity contribution in [1.82, 2.24) is 4.90 Å². The van der Waals surface area contributed by atoms with E-state index in [0.29, 0.717) is 5.69 Å². The number of urea groups is 1. The van der Waals surface area contributed by atoms with Crippen molar-refractivity contribution in [2.75, 3.05) is 12.4 Å². The van der Waals surface area contributed by atoms with E-state index in [-0.39, 0.29) is 0 Å². The molecule has 0 radical (unpaired) electrons. The number of carbonyl (C=O) groups is 2. The average molecular weight is 264 g/mol. The van der Waals surface area contributed by atoms with Gasteiger partial charge >= 0.3 is 12.0 Å². The number of hydrogen-bond donors (Lipinski definition) is 2. The molecule has 2 N–H and O–H groups in total. The second-order valence-corrected chi connectivity index (χ2v) is 5.23. The maximum atomic E-state index is 12.0. The fourth-order valence-electron chi connectivity index (χ4n) is 1.65. The van der Waals surface area contributed by atoms with Crippen molar-refractivity contribution >= 4 is 17.7 Å². The summed E-state index contributed by atoms with van der Waals surface area (Å²) in [5, 5.41) is 11.8. The Balaban J connectivity index is 2.88. The zero-order chi connectivity index (χ0) is 14.8. The Morgan fingerprint density at radius 1 is 1.16 bits per heavy atom. The van der Waals surface area contributed by atoms with E-state index in [2.05, 4.69) is 5.32 Å². The summed E-state index contributed by atoms with van der Waals surface area (Å²) in [6.45, 7) is 6.84. The van der Waals surface area contributed by atoms with Crippen molar-refractivity contribution < 1.29 is 14.7 Å². The molecule has 0 aliphatic heterocycles. The van der Waals surface area contributed by atoms with Crippen LogP contribution in [0.25, 0.3) is 0 Å². The number of likely N-dealkylation sites (N-methyl/N-ethyl adjacent to an activating group) is 1. The molecule has 0 saturated heterocycles. The van der Waals surface area contributed by atoms with Gasteiger partial charge in [0.2, 0.25) is 0 Å². The number of benzene rings is 1. The first-order chi connectivity index (χ1) is 8.64. The second kappa shape index (κ2) is 5.30. The highest BCUT2D eigenvalue weighted by molar-refractivity contribution is 5.93. The Bertz CT molecular complexity index is 489. The van der Waals surface area contributed by atoms with E-state index < -0.39 is 17.5 Å². The monoisotopic (exact) mass is 264 g/mol. The van der Waals surface area contributed by atoms with Crippen molar-refractivity contribution in [3.8, 4) is 0 Å². The molecule has 5 nitrogen and oxygen atoms in total. The quantitative estimate of drug-likeness (QED) is 0.881. The molecule has 1 aromatic rings. The summed E-state index contributed by atoms with van der Waals surface area (Å²) in [5.74, 6) is -1.05. The van der Waals surface area contributed by atoms with Gasteiger partial charge in [0, 0.05) is 12.7 Å². The molecule has 104 valence electrons. The fraction of sp³-hybridized carbons (Fsp3) is 0.429. The number of carbonyl (C=O) groups excluding carboxylic acids is 1. The SMILES string of the molecule is Cc1cc(C)cc(NC(=O)N(C)C(C)(C)C(=O)O)c1. The fourth-order valence-corrected chi connectivity index (χ4v) is 1.65. The Labute approximate surface area is 113 Å². The van der Waals surface area contributed by atoms with Crippen molar-refractivity contribution in [3.63, 3.8) is 0 Å². The molecule has 5 heteroatoms. The first-order valence-electron chi connectivity index (χ1n) is 6.01. The highest BCUT2D eigenvalue weighted by Crippen LogP contribution is 2.17. The van der Waals surface area contributed by atoms with Crippen LogP contribution in [-0.4, -0.2) is 34.6 Å². The van der Waals surface area contributed by atoms with Crippen LogP contribution in [-0.2, 0) is 4.79 Å². The first-order valence-corrected chi connectivity index (χ1v) is 6.01. The number of hydrogen-bond acceptors (Lipinski definition) is 2. The Morgan fingerprint density at radius 2 is 1.63 bits per heavy atom. The highest BCUT2D eigenvalue weighted by Gasteiger charge is 2.35. The van der Waals surface area contributed by atoms with Crippen LogP contribution in [0.3, 0.4) is 0 Å². The number of aryl methyl sites for hydroxylation is 2. The molecule has 0 bridgehead atoms. The molecular formula is C14H20N2O3. The van der Waals surface area contributed by atoms with Gasteiger partial charge in [0.25, 0.3) is 0 Å². The third-order valence-corrected chi connectivity index (χ3v) is 3.14. The molecule has 0 aliphatic carbocycles. The van der Waals surface area contributed by atoms with Crippen LogP contribution in [0, 0.1) is 13.8 Å². The number of carboxylic acid groups (broad SMARTS) is 1. The van der Waals surface area contributed by atoms with E-state index in [4.69, 9.17) is 5.11 Å². The largest absolute Gasteiger partial charge is 0.480 e. The smallest absolute Gasteiger partial charge is 0.329 e.